The highest BCUT2D eigenvalue weighted by Crippen LogP contribution is 2.13. The van der Waals surface area contributed by atoms with E-state index in [4.69, 9.17) is 0 Å². The van der Waals surface area contributed by atoms with Crippen LogP contribution in [0.25, 0.3) is 0 Å². The van der Waals surface area contributed by atoms with Gasteiger partial charge in [-0.2, -0.15) is 0 Å². The molecule has 4 heteroatoms. The van der Waals surface area contributed by atoms with E-state index >= 15 is 0 Å². The predicted octanol–water partition coefficient (Wildman–Crippen LogP) is 5.04. The fourth-order valence-electron chi connectivity index (χ4n) is 3.96. The van der Waals surface area contributed by atoms with Crippen LogP contribution >= 0.6 is 0 Å². The third-order valence-corrected chi connectivity index (χ3v) is 5.75. The number of hydrogen-bond donors (Lipinski definition) is 2. The minimum atomic E-state index is -0.225. The van der Waals surface area contributed by atoms with E-state index in [1.165, 1.54) is 77.3 Å². The standard InChI is InChI=1S/C23H46N2O2/c1-2-3-4-5-6-7-10-15-22(26)16-13-17-23(27)24-18-14-21-25-19-11-8-9-12-20-25/h22,26H,2-21H2,1H3,(H,24,27). The summed E-state index contributed by atoms with van der Waals surface area (Å²) in [6.45, 7) is 6.59. The van der Waals surface area contributed by atoms with Gasteiger partial charge in [-0.1, -0.05) is 64.7 Å². The molecule has 0 bridgehead atoms. The zero-order valence-corrected chi connectivity index (χ0v) is 18.0. The van der Waals surface area contributed by atoms with Gasteiger partial charge in [-0.3, -0.25) is 4.79 Å². The first-order chi connectivity index (χ1) is 13.2. The Hall–Kier alpha value is -0.610. The summed E-state index contributed by atoms with van der Waals surface area (Å²) in [5.74, 6) is 0.147. The molecule has 1 amide bonds. The van der Waals surface area contributed by atoms with E-state index in [0.717, 1.165) is 45.2 Å². The number of rotatable bonds is 16. The van der Waals surface area contributed by atoms with Gasteiger partial charge >= 0.3 is 0 Å². The number of aliphatic hydroxyl groups excluding tert-OH is 1. The average Bonchev–Trinajstić information content (AvgIpc) is 2.93. The Labute approximate surface area is 168 Å². The van der Waals surface area contributed by atoms with Gasteiger partial charge in [0.05, 0.1) is 6.10 Å². The molecule has 1 unspecified atom stereocenters. The van der Waals surface area contributed by atoms with Crippen LogP contribution in [-0.2, 0) is 4.79 Å². The van der Waals surface area contributed by atoms with E-state index in [-0.39, 0.29) is 12.0 Å². The maximum absolute atomic E-state index is 11.9. The highest BCUT2D eigenvalue weighted by atomic mass is 16.3. The van der Waals surface area contributed by atoms with Crippen molar-refractivity contribution in [2.75, 3.05) is 26.2 Å². The smallest absolute Gasteiger partial charge is 0.219 e. The molecule has 1 rings (SSSR count). The maximum atomic E-state index is 11.9. The van der Waals surface area contributed by atoms with Crippen molar-refractivity contribution in [2.45, 2.75) is 116 Å². The number of aliphatic hydroxyl groups is 1. The Kier molecular flexibility index (Phi) is 15.8. The fourth-order valence-corrected chi connectivity index (χ4v) is 3.96. The Balaban J connectivity index is 1.88. The van der Waals surface area contributed by atoms with Crippen LogP contribution in [0.3, 0.4) is 0 Å². The van der Waals surface area contributed by atoms with Crippen molar-refractivity contribution in [1.82, 2.24) is 10.2 Å². The molecule has 0 saturated carbocycles. The normalized spacial score (nSPS) is 16.8. The summed E-state index contributed by atoms with van der Waals surface area (Å²) in [5, 5.41) is 13.1. The lowest BCUT2D eigenvalue weighted by molar-refractivity contribution is -0.121. The summed E-state index contributed by atoms with van der Waals surface area (Å²) in [6.07, 6.45) is 18.2. The van der Waals surface area contributed by atoms with Crippen molar-refractivity contribution in [2.24, 2.45) is 0 Å². The first kappa shape index (κ1) is 24.4. The second kappa shape index (κ2) is 17.5. The monoisotopic (exact) mass is 382 g/mol. The van der Waals surface area contributed by atoms with Crippen molar-refractivity contribution in [3.63, 3.8) is 0 Å². The van der Waals surface area contributed by atoms with Crippen LogP contribution in [0.15, 0.2) is 0 Å². The molecule has 0 radical (unpaired) electrons. The Bertz CT molecular complexity index is 341. The van der Waals surface area contributed by atoms with E-state index in [2.05, 4.69) is 17.1 Å². The highest BCUT2D eigenvalue weighted by molar-refractivity contribution is 5.75. The highest BCUT2D eigenvalue weighted by Gasteiger charge is 2.09. The van der Waals surface area contributed by atoms with Crippen LogP contribution in [-0.4, -0.2) is 48.2 Å². The van der Waals surface area contributed by atoms with E-state index < -0.39 is 0 Å². The molecule has 1 aliphatic rings. The summed E-state index contributed by atoms with van der Waals surface area (Å²) in [7, 11) is 0. The number of nitrogens with one attached hydrogen (secondary N) is 1. The molecular formula is C23H46N2O2. The lowest BCUT2D eigenvalue weighted by Gasteiger charge is -2.19. The second-order valence-corrected chi connectivity index (χ2v) is 8.42. The zero-order valence-electron chi connectivity index (χ0n) is 18.0. The van der Waals surface area contributed by atoms with Gasteiger partial charge in [0.2, 0.25) is 5.91 Å². The summed E-state index contributed by atoms with van der Waals surface area (Å²) >= 11 is 0. The minimum absolute atomic E-state index is 0.147. The first-order valence-corrected chi connectivity index (χ1v) is 11.9. The van der Waals surface area contributed by atoms with Gasteiger partial charge in [-0.05, 0) is 58.2 Å². The molecule has 0 aliphatic carbocycles. The zero-order chi connectivity index (χ0) is 19.6. The van der Waals surface area contributed by atoms with Crippen molar-refractivity contribution >= 4 is 5.91 Å². The summed E-state index contributed by atoms with van der Waals surface area (Å²) in [5.41, 5.74) is 0. The molecule has 0 spiro atoms. The Morgan fingerprint density at radius 3 is 2.22 bits per heavy atom. The molecule has 0 aromatic heterocycles. The van der Waals surface area contributed by atoms with Gasteiger partial charge in [0.1, 0.15) is 0 Å². The van der Waals surface area contributed by atoms with Crippen molar-refractivity contribution < 1.29 is 9.90 Å². The fraction of sp³-hybridized carbons (Fsp3) is 0.957. The summed E-state index contributed by atoms with van der Waals surface area (Å²) in [4.78, 5) is 14.5. The predicted molar refractivity (Wildman–Crippen MR) is 115 cm³/mol. The topological polar surface area (TPSA) is 52.6 Å². The quantitative estimate of drug-likeness (QED) is 0.368. The Morgan fingerprint density at radius 1 is 0.889 bits per heavy atom. The molecule has 1 saturated heterocycles. The molecule has 1 heterocycles. The molecular weight excluding hydrogens is 336 g/mol. The molecule has 0 aromatic carbocycles. The van der Waals surface area contributed by atoms with Crippen LogP contribution in [0.2, 0.25) is 0 Å². The maximum Gasteiger partial charge on any atom is 0.219 e. The van der Waals surface area contributed by atoms with Gasteiger partial charge < -0.3 is 15.3 Å². The van der Waals surface area contributed by atoms with Crippen LogP contribution in [0.4, 0.5) is 0 Å². The lowest BCUT2D eigenvalue weighted by Crippen LogP contribution is -2.30. The molecule has 1 atom stereocenters. The van der Waals surface area contributed by atoms with Crippen molar-refractivity contribution in [3.05, 3.63) is 0 Å². The van der Waals surface area contributed by atoms with Crippen LogP contribution in [0, 0.1) is 0 Å². The van der Waals surface area contributed by atoms with E-state index in [9.17, 15) is 9.90 Å². The largest absolute Gasteiger partial charge is 0.393 e. The molecule has 0 aromatic rings. The summed E-state index contributed by atoms with van der Waals surface area (Å²) in [6, 6.07) is 0. The van der Waals surface area contributed by atoms with Crippen LogP contribution in [0.5, 0.6) is 0 Å². The van der Waals surface area contributed by atoms with E-state index in [1.54, 1.807) is 0 Å². The number of amides is 1. The molecule has 2 N–H and O–H groups in total. The lowest BCUT2D eigenvalue weighted by atomic mass is 10.0. The number of nitrogens with zero attached hydrogens (tertiary/aromatic N) is 1. The number of carbonyl (C=O) groups is 1. The minimum Gasteiger partial charge on any atom is -0.393 e. The van der Waals surface area contributed by atoms with Crippen molar-refractivity contribution in [1.29, 1.82) is 0 Å². The van der Waals surface area contributed by atoms with Crippen molar-refractivity contribution in [3.8, 4) is 0 Å². The molecule has 1 aliphatic heterocycles. The second-order valence-electron chi connectivity index (χ2n) is 8.42. The number of carbonyl (C=O) groups excluding carboxylic acids is 1. The SMILES string of the molecule is CCCCCCCCCC(O)CCCC(=O)NCCCN1CCCCCC1. The molecule has 27 heavy (non-hydrogen) atoms. The van der Waals surface area contributed by atoms with Gasteiger partial charge in [0.25, 0.3) is 0 Å². The number of likely N-dealkylation sites (tertiary alicyclic amines) is 1. The first-order valence-electron chi connectivity index (χ1n) is 11.9. The van der Waals surface area contributed by atoms with Crippen LogP contribution < -0.4 is 5.32 Å². The molecule has 160 valence electrons. The van der Waals surface area contributed by atoms with E-state index in [1.807, 2.05) is 0 Å². The molecule has 1 fully saturated rings. The van der Waals surface area contributed by atoms with E-state index in [0.29, 0.717) is 6.42 Å². The van der Waals surface area contributed by atoms with Gasteiger partial charge in [-0.15, -0.1) is 0 Å². The third kappa shape index (κ3) is 15.0. The van der Waals surface area contributed by atoms with Crippen LogP contribution in [0.1, 0.15) is 110 Å². The number of hydrogen-bond acceptors (Lipinski definition) is 3. The Morgan fingerprint density at radius 2 is 1.52 bits per heavy atom. The average molecular weight is 383 g/mol. The third-order valence-electron chi connectivity index (χ3n) is 5.75. The molecule has 4 nitrogen and oxygen atoms in total. The van der Waals surface area contributed by atoms with Gasteiger partial charge in [0.15, 0.2) is 0 Å². The van der Waals surface area contributed by atoms with Gasteiger partial charge in [0, 0.05) is 13.0 Å². The summed E-state index contributed by atoms with van der Waals surface area (Å²) < 4.78 is 0. The number of unbranched alkanes of at least 4 members (excludes halogenated alkanes) is 6. The van der Waals surface area contributed by atoms with Gasteiger partial charge in [-0.25, -0.2) is 0 Å².